The summed E-state index contributed by atoms with van der Waals surface area (Å²) in [5, 5.41) is 23.7. The number of aromatic nitrogens is 2. The van der Waals surface area contributed by atoms with Crippen molar-refractivity contribution in [2.75, 3.05) is 32.6 Å². The van der Waals surface area contributed by atoms with Crippen LogP contribution in [0.1, 0.15) is 86.2 Å². The first kappa shape index (κ1) is 27.1. The van der Waals surface area contributed by atoms with Gasteiger partial charge in [-0.1, -0.05) is 26.0 Å². The molecule has 0 bridgehead atoms. The van der Waals surface area contributed by atoms with Crippen LogP contribution in [0.25, 0.3) is 5.57 Å². The zero-order valence-electron chi connectivity index (χ0n) is 22.4. The van der Waals surface area contributed by atoms with Crippen molar-refractivity contribution in [2.45, 2.75) is 70.4 Å². The number of carbonyl (C=O) groups is 1. The van der Waals surface area contributed by atoms with Crippen LogP contribution in [0.15, 0.2) is 30.5 Å². The Kier molecular flexibility index (Phi) is 8.17. The predicted octanol–water partition coefficient (Wildman–Crippen LogP) is 4.84. The van der Waals surface area contributed by atoms with Gasteiger partial charge in [-0.3, -0.25) is 4.79 Å². The molecule has 1 aromatic carbocycles. The van der Waals surface area contributed by atoms with E-state index < -0.39 is 11.5 Å². The molecule has 198 valence electrons. The summed E-state index contributed by atoms with van der Waals surface area (Å²) in [6, 6.07) is 8.27. The lowest BCUT2D eigenvalue weighted by Crippen LogP contribution is -2.41. The van der Waals surface area contributed by atoms with Gasteiger partial charge in [0, 0.05) is 37.1 Å². The number of nitriles is 1. The molecule has 2 aliphatic carbocycles. The number of ether oxygens (including phenoxy) is 1. The Hall–Kier alpha value is -2.99. The van der Waals surface area contributed by atoms with Crippen LogP contribution in [0.3, 0.4) is 0 Å². The molecule has 4 rings (SSSR count). The Morgan fingerprint density at radius 3 is 2.70 bits per heavy atom. The highest BCUT2D eigenvalue weighted by molar-refractivity contribution is 6.03. The van der Waals surface area contributed by atoms with Gasteiger partial charge in [-0.25, -0.2) is 4.98 Å². The van der Waals surface area contributed by atoms with Gasteiger partial charge in [-0.05, 0) is 80.7 Å². The van der Waals surface area contributed by atoms with Crippen LogP contribution >= 0.6 is 0 Å². The van der Waals surface area contributed by atoms with Crippen LogP contribution < -0.4 is 5.32 Å². The molecule has 37 heavy (non-hydrogen) atoms. The molecule has 0 atom stereocenters. The first-order valence-corrected chi connectivity index (χ1v) is 13.2. The average molecular weight is 506 g/mol. The molecule has 1 aromatic heterocycles. The minimum Gasteiger partial charge on any atom is -0.385 e. The zero-order chi connectivity index (χ0) is 26.6. The SMILES string of the molecule is COCCN(C)C1CCC(O)(c2ccc(NC(=O)c3nc(C#N)c[nH]3)c(C3=CCC(C)(C)CC3)c2)CC1. The number of amides is 1. The number of hydrogen-bond acceptors (Lipinski definition) is 6. The van der Waals surface area contributed by atoms with Crippen molar-refractivity contribution in [3.8, 4) is 6.07 Å². The Bertz CT molecular complexity index is 1180. The summed E-state index contributed by atoms with van der Waals surface area (Å²) < 4.78 is 5.22. The summed E-state index contributed by atoms with van der Waals surface area (Å²) in [5.41, 5.74) is 3.24. The second kappa shape index (κ2) is 11.2. The van der Waals surface area contributed by atoms with E-state index in [9.17, 15) is 9.90 Å². The normalized spacial score (nSPS) is 23.4. The van der Waals surface area contributed by atoms with Gasteiger partial charge in [0.25, 0.3) is 5.91 Å². The first-order chi connectivity index (χ1) is 17.6. The van der Waals surface area contributed by atoms with Crippen molar-refractivity contribution in [2.24, 2.45) is 5.41 Å². The van der Waals surface area contributed by atoms with Gasteiger partial charge in [0.2, 0.25) is 0 Å². The third-order valence-electron chi connectivity index (χ3n) is 8.08. The molecule has 0 unspecified atom stereocenters. The van der Waals surface area contributed by atoms with E-state index in [2.05, 4.69) is 53.2 Å². The fraction of sp³-hybridized carbons (Fsp3) is 0.552. The minimum absolute atomic E-state index is 0.0971. The first-order valence-electron chi connectivity index (χ1n) is 13.2. The number of allylic oxidation sites excluding steroid dienone is 2. The number of methoxy groups -OCH3 is 1. The summed E-state index contributed by atoms with van der Waals surface area (Å²) >= 11 is 0. The monoisotopic (exact) mass is 505 g/mol. The van der Waals surface area contributed by atoms with Gasteiger partial charge >= 0.3 is 0 Å². The Morgan fingerprint density at radius 2 is 2.08 bits per heavy atom. The zero-order valence-corrected chi connectivity index (χ0v) is 22.4. The molecule has 1 fully saturated rings. The second-order valence-corrected chi connectivity index (χ2v) is 11.3. The number of rotatable bonds is 8. The molecule has 0 saturated heterocycles. The highest BCUT2D eigenvalue weighted by Crippen LogP contribution is 2.43. The maximum absolute atomic E-state index is 12.9. The number of aliphatic hydroxyl groups is 1. The summed E-state index contributed by atoms with van der Waals surface area (Å²) in [6.45, 7) is 6.13. The minimum atomic E-state index is -0.896. The summed E-state index contributed by atoms with van der Waals surface area (Å²) in [6.07, 6.45) is 9.83. The van der Waals surface area contributed by atoms with Crippen LogP contribution in [0, 0.1) is 16.7 Å². The van der Waals surface area contributed by atoms with E-state index >= 15 is 0 Å². The standard InChI is InChI=1S/C29H39N5O3/c1-28(2)11-7-20(8-12-28)24-17-21(29(36)13-9-23(10-14-29)34(3)15-16-37-4)5-6-25(24)33-27(35)26-31-19-22(18-30)32-26/h5-7,17,19,23,36H,8-16H2,1-4H3,(H,31,32)(H,33,35). The predicted molar refractivity (Wildman–Crippen MR) is 144 cm³/mol. The molecular formula is C29H39N5O3. The molecule has 2 aliphatic rings. The molecule has 8 nitrogen and oxygen atoms in total. The number of benzene rings is 1. The van der Waals surface area contributed by atoms with Crippen molar-refractivity contribution in [3.05, 3.63) is 53.1 Å². The van der Waals surface area contributed by atoms with Crippen LogP contribution in [0.4, 0.5) is 5.69 Å². The number of nitrogens with one attached hydrogen (secondary N) is 2. The lowest BCUT2D eigenvalue weighted by atomic mass is 9.74. The maximum atomic E-state index is 12.9. The molecule has 1 amide bonds. The number of aromatic amines is 1. The van der Waals surface area contributed by atoms with Gasteiger partial charge in [0.05, 0.1) is 12.2 Å². The molecule has 0 radical (unpaired) electrons. The van der Waals surface area contributed by atoms with E-state index in [1.165, 1.54) is 11.8 Å². The second-order valence-electron chi connectivity index (χ2n) is 11.3. The lowest BCUT2D eigenvalue weighted by Gasteiger charge is -2.40. The summed E-state index contributed by atoms with van der Waals surface area (Å²) in [7, 11) is 3.84. The van der Waals surface area contributed by atoms with Gasteiger partial charge < -0.3 is 25.0 Å². The van der Waals surface area contributed by atoms with Crippen molar-refractivity contribution in [1.82, 2.24) is 14.9 Å². The highest BCUT2D eigenvalue weighted by atomic mass is 16.5. The van der Waals surface area contributed by atoms with Crippen molar-refractivity contribution in [1.29, 1.82) is 5.26 Å². The molecule has 8 heteroatoms. The lowest BCUT2D eigenvalue weighted by molar-refractivity contribution is -0.0238. The molecular weight excluding hydrogens is 466 g/mol. The Labute approximate surface area is 219 Å². The van der Waals surface area contributed by atoms with E-state index in [1.54, 1.807) is 7.11 Å². The molecule has 2 aromatic rings. The molecule has 1 saturated carbocycles. The Morgan fingerprint density at radius 1 is 1.32 bits per heavy atom. The average Bonchev–Trinajstić information content (AvgIpc) is 3.38. The number of nitrogens with zero attached hydrogens (tertiary/aromatic N) is 3. The fourth-order valence-corrected chi connectivity index (χ4v) is 5.43. The van der Waals surface area contributed by atoms with E-state index in [-0.39, 0.29) is 16.9 Å². The smallest absolute Gasteiger partial charge is 0.291 e. The van der Waals surface area contributed by atoms with Gasteiger partial charge in [-0.15, -0.1) is 0 Å². The van der Waals surface area contributed by atoms with Crippen molar-refractivity contribution >= 4 is 17.2 Å². The summed E-state index contributed by atoms with van der Waals surface area (Å²) in [5.74, 6) is -0.301. The fourth-order valence-electron chi connectivity index (χ4n) is 5.43. The number of imidazole rings is 1. The number of anilines is 1. The molecule has 0 spiro atoms. The van der Waals surface area contributed by atoms with Crippen LogP contribution in [-0.2, 0) is 10.3 Å². The molecule has 0 aliphatic heterocycles. The number of H-pyrrole nitrogens is 1. The van der Waals surface area contributed by atoms with Crippen LogP contribution in [-0.4, -0.2) is 59.2 Å². The maximum Gasteiger partial charge on any atom is 0.291 e. The third kappa shape index (κ3) is 6.30. The van der Waals surface area contributed by atoms with E-state index in [0.717, 1.165) is 49.8 Å². The van der Waals surface area contributed by atoms with Crippen LogP contribution in [0.2, 0.25) is 0 Å². The molecule has 1 heterocycles. The van der Waals surface area contributed by atoms with Crippen molar-refractivity contribution < 1.29 is 14.6 Å². The van der Waals surface area contributed by atoms with Crippen molar-refractivity contribution in [3.63, 3.8) is 0 Å². The molecule has 3 N–H and O–H groups in total. The van der Waals surface area contributed by atoms with Gasteiger partial charge in [0.15, 0.2) is 11.5 Å². The topological polar surface area (TPSA) is 114 Å². The van der Waals surface area contributed by atoms with E-state index in [0.29, 0.717) is 31.2 Å². The number of likely N-dealkylation sites (N-methyl/N-ethyl adjacent to an activating group) is 1. The van der Waals surface area contributed by atoms with Gasteiger partial charge in [-0.2, -0.15) is 5.26 Å². The summed E-state index contributed by atoms with van der Waals surface area (Å²) in [4.78, 5) is 22.0. The van der Waals surface area contributed by atoms with Crippen LogP contribution in [0.5, 0.6) is 0 Å². The van der Waals surface area contributed by atoms with Gasteiger partial charge in [0.1, 0.15) is 6.07 Å². The van der Waals surface area contributed by atoms with E-state index in [1.807, 2.05) is 18.2 Å². The Balaban J connectivity index is 1.59. The number of carbonyl (C=O) groups excluding carboxylic acids is 1. The number of hydrogen-bond donors (Lipinski definition) is 3. The quantitative estimate of drug-likeness (QED) is 0.473. The largest absolute Gasteiger partial charge is 0.385 e. The van der Waals surface area contributed by atoms with E-state index in [4.69, 9.17) is 10.00 Å². The third-order valence-corrected chi connectivity index (χ3v) is 8.08. The highest BCUT2D eigenvalue weighted by Gasteiger charge is 2.36.